The van der Waals surface area contributed by atoms with Crippen LogP contribution in [0.25, 0.3) is 11.1 Å². The van der Waals surface area contributed by atoms with Crippen LogP contribution < -0.4 is 10.6 Å². The second-order valence-corrected chi connectivity index (χ2v) is 6.15. The monoisotopic (exact) mass is 322 g/mol. The Morgan fingerprint density at radius 1 is 1.33 bits per heavy atom. The van der Waals surface area contributed by atoms with Gasteiger partial charge in [0.1, 0.15) is 0 Å². The number of aromatic amines is 1. The van der Waals surface area contributed by atoms with Crippen molar-refractivity contribution in [1.29, 1.82) is 0 Å². The van der Waals surface area contributed by atoms with E-state index in [1.807, 2.05) is 31.2 Å². The van der Waals surface area contributed by atoms with E-state index in [0.29, 0.717) is 16.1 Å². The number of H-pyrrole nitrogens is 1. The summed E-state index contributed by atoms with van der Waals surface area (Å²) in [5.41, 5.74) is 3.02. The molecule has 0 atom stereocenters. The van der Waals surface area contributed by atoms with E-state index in [1.54, 1.807) is 0 Å². The largest absolute Gasteiger partial charge is 0.362 e. The summed E-state index contributed by atoms with van der Waals surface area (Å²) in [6, 6.07) is 7.66. The van der Waals surface area contributed by atoms with Crippen molar-refractivity contribution in [2.45, 2.75) is 20.8 Å². The predicted octanol–water partition coefficient (Wildman–Crippen LogP) is 3.98. The van der Waals surface area contributed by atoms with Gasteiger partial charge in [0.15, 0.2) is 10.9 Å². The first-order valence-corrected chi connectivity index (χ1v) is 7.61. The van der Waals surface area contributed by atoms with Crippen molar-refractivity contribution in [2.75, 3.05) is 11.9 Å². The second-order valence-electron chi connectivity index (χ2n) is 5.31. The highest BCUT2D eigenvalue weighted by molar-refractivity contribution is 7.80. The van der Waals surface area contributed by atoms with Crippen LogP contribution in [0.2, 0.25) is 5.02 Å². The van der Waals surface area contributed by atoms with Gasteiger partial charge in [-0.1, -0.05) is 37.6 Å². The van der Waals surface area contributed by atoms with E-state index >= 15 is 0 Å². The molecular weight excluding hydrogens is 304 g/mol. The average Bonchev–Trinajstić information content (AvgIpc) is 2.79. The van der Waals surface area contributed by atoms with Gasteiger partial charge >= 0.3 is 0 Å². The van der Waals surface area contributed by atoms with Gasteiger partial charge in [0.2, 0.25) is 0 Å². The third-order valence-corrected chi connectivity index (χ3v) is 3.48. The Morgan fingerprint density at radius 3 is 2.62 bits per heavy atom. The first-order valence-electron chi connectivity index (χ1n) is 6.83. The molecule has 0 amide bonds. The normalized spacial score (nSPS) is 10.7. The quantitative estimate of drug-likeness (QED) is 0.745. The van der Waals surface area contributed by atoms with Crippen LogP contribution >= 0.6 is 23.8 Å². The van der Waals surface area contributed by atoms with Crippen LogP contribution in [0.4, 0.5) is 5.82 Å². The topological polar surface area (TPSA) is 52.7 Å². The number of hydrogen-bond acceptors (Lipinski definition) is 2. The van der Waals surface area contributed by atoms with Gasteiger partial charge in [-0.2, -0.15) is 5.10 Å². The molecular formula is C15H19ClN4S. The van der Waals surface area contributed by atoms with E-state index < -0.39 is 0 Å². The Morgan fingerprint density at radius 2 is 2.00 bits per heavy atom. The number of thiocarbonyl (C=S) groups is 1. The smallest absolute Gasteiger partial charge is 0.172 e. The average molecular weight is 323 g/mol. The standard InChI is InChI=1S/C15H19ClN4S/c1-9(2)8-17-15(21)18-14-13(10(3)19-20-14)11-4-6-12(16)7-5-11/h4-7,9H,8H2,1-3H3,(H3,17,18,19,20,21). The number of rotatable bonds is 4. The summed E-state index contributed by atoms with van der Waals surface area (Å²) in [7, 11) is 0. The Kier molecular flexibility index (Phi) is 5.20. The van der Waals surface area contributed by atoms with Gasteiger partial charge in [0, 0.05) is 22.8 Å². The van der Waals surface area contributed by atoms with Crippen molar-refractivity contribution in [3.05, 3.63) is 35.0 Å². The van der Waals surface area contributed by atoms with Crippen LogP contribution in [0.1, 0.15) is 19.5 Å². The molecule has 2 rings (SSSR count). The maximum absolute atomic E-state index is 5.94. The molecule has 0 saturated heterocycles. The van der Waals surface area contributed by atoms with E-state index in [2.05, 4.69) is 34.7 Å². The number of aryl methyl sites for hydroxylation is 1. The van der Waals surface area contributed by atoms with Crippen molar-refractivity contribution in [2.24, 2.45) is 5.92 Å². The van der Waals surface area contributed by atoms with Crippen molar-refractivity contribution in [3.8, 4) is 11.1 Å². The van der Waals surface area contributed by atoms with Crippen molar-refractivity contribution in [3.63, 3.8) is 0 Å². The number of halogens is 1. The lowest BCUT2D eigenvalue weighted by Crippen LogP contribution is -2.31. The molecule has 0 aliphatic heterocycles. The maximum Gasteiger partial charge on any atom is 0.172 e. The molecule has 1 aromatic heterocycles. The lowest BCUT2D eigenvalue weighted by molar-refractivity contribution is 0.627. The molecule has 0 aliphatic rings. The van der Waals surface area contributed by atoms with Crippen molar-refractivity contribution in [1.82, 2.24) is 15.5 Å². The van der Waals surface area contributed by atoms with Crippen LogP contribution in [-0.4, -0.2) is 21.9 Å². The van der Waals surface area contributed by atoms with Crippen LogP contribution in [0.3, 0.4) is 0 Å². The fourth-order valence-corrected chi connectivity index (χ4v) is 2.24. The van der Waals surface area contributed by atoms with Gasteiger partial charge < -0.3 is 10.6 Å². The molecule has 1 aromatic carbocycles. The van der Waals surface area contributed by atoms with Crippen LogP contribution in [0.15, 0.2) is 24.3 Å². The van der Waals surface area contributed by atoms with Gasteiger partial charge in [-0.15, -0.1) is 0 Å². The first-order chi connectivity index (χ1) is 9.97. The minimum atomic E-state index is 0.529. The van der Waals surface area contributed by atoms with Crippen molar-refractivity contribution < 1.29 is 0 Å². The highest BCUT2D eigenvalue weighted by Gasteiger charge is 2.13. The molecule has 0 spiro atoms. The minimum Gasteiger partial charge on any atom is -0.362 e. The van der Waals surface area contributed by atoms with Gasteiger partial charge in [0.25, 0.3) is 0 Å². The molecule has 3 N–H and O–H groups in total. The molecule has 2 aromatic rings. The van der Waals surface area contributed by atoms with E-state index in [4.69, 9.17) is 23.8 Å². The molecule has 112 valence electrons. The molecule has 0 bridgehead atoms. The summed E-state index contributed by atoms with van der Waals surface area (Å²) in [6.45, 7) is 7.07. The highest BCUT2D eigenvalue weighted by Crippen LogP contribution is 2.30. The van der Waals surface area contributed by atoms with Gasteiger partial charge in [-0.05, 0) is 42.8 Å². The summed E-state index contributed by atoms with van der Waals surface area (Å²) in [4.78, 5) is 0. The zero-order valence-corrected chi connectivity index (χ0v) is 13.9. The summed E-state index contributed by atoms with van der Waals surface area (Å²) >= 11 is 11.2. The number of hydrogen-bond donors (Lipinski definition) is 3. The number of aromatic nitrogens is 2. The maximum atomic E-state index is 5.94. The number of nitrogens with zero attached hydrogens (tertiary/aromatic N) is 1. The Bertz CT molecular complexity index is 619. The fourth-order valence-electron chi connectivity index (χ4n) is 1.94. The van der Waals surface area contributed by atoms with Crippen LogP contribution in [-0.2, 0) is 0 Å². The molecule has 0 saturated carbocycles. The number of benzene rings is 1. The molecule has 1 heterocycles. The Hall–Kier alpha value is -1.59. The molecule has 6 heteroatoms. The molecule has 0 fully saturated rings. The van der Waals surface area contributed by atoms with Crippen LogP contribution in [0, 0.1) is 12.8 Å². The molecule has 4 nitrogen and oxygen atoms in total. The van der Waals surface area contributed by atoms with E-state index in [-0.39, 0.29) is 0 Å². The lowest BCUT2D eigenvalue weighted by Gasteiger charge is -2.12. The zero-order valence-electron chi connectivity index (χ0n) is 12.3. The van der Waals surface area contributed by atoms with Crippen molar-refractivity contribution >= 4 is 34.7 Å². The number of anilines is 1. The summed E-state index contributed by atoms with van der Waals surface area (Å²) in [6.07, 6.45) is 0. The van der Waals surface area contributed by atoms with E-state index in [9.17, 15) is 0 Å². The Balaban J connectivity index is 2.18. The summed E-state index contributed by atoms with van der Waals surface area (Å²) < 4.78 is 0. The molecule has 21 heavy (non-hydrogen) atoms. The second kappa shape index (κ2) is 6.91. The SMILES string of the molecule is Cc1[nH]nc(NC(=S)NCC(C)C)c1-c1ccc(Cl)cc1. The van der Waals surface area contributed by atoms with Gasteiger partial charge in [-0.25, -0.2) is 0 Å². The number of nitrogens with one attached hydrogen (secondary N) is 3. The third-order valence-electron chi connectivity index (χ3n) is 2.98. The first kappa shape index (κ1) is 15.8. The summed E-state index contributed by atoms with van der Waals surface area (Å²) in [5, 5.41) is 14.9. The zero-order chi connectivity index (χ0) is 15.4. The molecule has 0 radical (unpaired) electrons. The highest BCUT2D eigenvalue weighted by atomic mass is 35.5. The minimum absolute atomic E-state index is 0.529. The van der Waals surface area contributed by atoms with E-state index in [0.717, 1.165) is 29.2 Å². The summed E-state index contributed by atoms with van der Waals surface area (Å²) in [5.74, 6) is 1.25. The lowest BCUT2D eigenvalue weighted by atomic mass is 10.1. The van der Waals surface area contributed by atoms with Gasteiger partial charge in [0.05, 0.1) is 0 Å². The third kappa shape index (κ3) is 4.19. The van der Waals surface area contributed by atoms with E-state index in [1.165, 1.54) is 0 Å². The van der Waals surface area contributed by atoms with Crippen LogP contribution in [0.5, 0.6) is 0 Å². The Labute approximate surface area is 135 Å². The molecule has 0 aliphatic carbocycles. The fraction of sp³-hybridized carbons (Fsp3) is 0.333. The van der Waals surface area contributed by atoms with Gasteiger partial charge in [-0.3, -0.25) is 5.10 Å². The predicted molar refractivity (Wildman–Crippen MR) is 92.8 cm³/mol. The molecule has 0 unspecified atom stereocenters.